The summed E-state index contributed by atoms with van der Waals surface area (Å²) in [7, 11) is 0. The second-order valence-electron chi connectivity index (χ2n) is 15.9. The summed E-state index contributed by atoms with van der Waals surface area (Å²) in [4.78, 5) is 0. The van der Waals surface area contributed by atoms with Crippen LogP contribution in [-0.4, -0.2) is 23.4 Å². The predicted molar refractivity (Wildman–Crippen MR) is 258 cm³/mol. The zero-order valence-electron chi connectivity index (χ0n) is 36.7. The largest absolute Gasteiger partial charge is 0.508 e. The van der Waals surface area contributed by atoms with Crippen LogP contribution in [0.3, 0.4) is 0 Å². The second-order valence-corrected chi connectivity index (χ2v) is 15.9. The van der Waals surface area contributed by atoms with Gasteiger partial charge in [0.05, 0.1) is 24.0 Å². The van der Waals surface area contributed by atoms with Gasteiger partial charge in [0.25, 0.3) is 0 Å². The molecule has 4 nitrogen and oxygen atoms in total. The highest BCUT2D eigenvalue weighted by Gasteiger charge is 2.47. The van der Waals surface area contributed by atoms with E-state index >= 15 is 0 Å². The van der Waals surface area contributed by atoms with Gasteiger partial charge in [-0.25, -0.2) is 0 Å². The van der Waals surface area contributed by atoms with Gasteiger partial charge >= 0.3 is 0 Å². The summed E-state index contributed by atoms with van der Waals surface area (Å²) < 4.78 is 12.5. The molecule has 316 valence electrons. The van der Waals surface area contributed by atoms with Crippen molar-refractivity contribution < 1.29 is 19.7 Å². The van der Waals surface area contributed by atoms with Gasteiger partial charge in [0.2, 0.25) is 0 Å². The number of ether oxygens (including phenoxy) is 2. The Morgan fingerprint density at radius 3 is 0.857 bits per heavy atom. The minimum absolute atomic E-state index is 0.253. The van der Waals surface area contributed by atoms with Crippen molar-refractivity contribution in [2.24, 2.45) is 0 Å². The molecule has 10 rings (SSSR count). The fourth-order valence-corrected chi connectivity index (χ4v) is 9.66. The third kappa shape index (κ3) is 7.65. The van der Waals surface area contributed by atoms with E-state index in [9.17, 15) is 10.2 Å². The quantitative estimate of drug-likeness (QED) is 0.128. The van der Waals surface area contributed by atoms with Crippen molar-refractivity contribution in [1.29, 1.82) is 0 Å². The Morgan fingerprint density at radius 2 is 0.587 bits per heavy atom. The topological polar surface area (TPSA) is 58.9 Å². The molecule has 0 heterocycles. The first-order valence-electron chi connectivity index (χ1n) is 22.4. The standard InChI is InChI=1S/C54H42O4.C3H8.C2H6/c55-41-27-19-37(20-28-41)53(49-15-5-1-11-45(49)46-12-2-6-16-50(46)53)39-23-31-43(32-24-39)57-35-9-10-36-58-44-33-25-40(26-34-44)54(38-21-29-42(56)30-22-38)51-17-7-3-13-47(51)48-14-4-8-18-52(48)54;1-3-2;1-2/h1-8,11-34,55-56H,9-10,35-36H2;3H2,1-2H3;1-2H3. The Bertz CT molecular complexity index is 2470. The van der Waals surface area contributed by atoms with Gasteiger partial charge in [-0.3, -0.25) is 0 Å². The van der Waals surface area contributed by atoms with E-state index in [4.69, 9.17) is 9.47 Å². The lowest BCUT2D eigenvalue weighted by Crippen LogP contribution is -2.28. The van der Waals surface area contributed by atoms with Gasteiger partial charge in [-0.15, -0.1) is 0 Å². The first kappa shape index (κ1) is 42.6. The van der Waals surface area contributed by atoms with Crippen LogP contribution in [0.5, 0.6) is 23.0 Å². The van der Waals surface area contributed by atoms with E-state index in [1.54, 1.807) is 24.3 Å². The molecule has 0 atom stereocenters. The fraction of sp³-hybridized carbons (Fsp3) is 0.186. The van der Waals surface area contributed by atoms with Crippen molar-refractivity contribution in [3.63, 3.8) is 0 Å². The third-order valence-electron chi connectivity index (χ3n) is 12.2. The highest BCUT2D eigenvalue weighted by Crippen LogP contribution is 2.57. The molecule has 0 saturated heterocycles. The van der Waals surface area contributed by atoms with E-state index in [1.165, 1.54) is 50.9 Å². The SMILES string of the molecule is CC.CCC.Oc1ccc(C2(c3ccc(OCCCCOc4ccc(C5(c6ccc(O)cc6)c6ccccc6-c6ccccc65)cc4)cc3)c3ccccc3-c3ccccc32)cc1. The first-order chi connectivity index (χ1) is 31.0. The molecule has 2 aliphatic carbocycles. The number of hydrogen-bond acceptors (Lipinski definition) is 4. The molecule has 0 aromatic heterocycles. The number of fused-ring (bicyclic) bond motifs is 6. The van der Waals surface area contributed by atoms with Crippen molar-refractivity contribution in [2.75, 3.05) is 13.2 Å². The minimum atomic E-state index is -0.521. The average Bonchev–Trinajstić information content (AvgIpc) is 3.81. The van der Waals surface area contributed by atoms with Gasteiger partial charge in [0.1, 0.15) is 23.0 Å². The zero-order valence-corrected chi connectivity index (χ0v) is 36.7. The molecule has 0 aliphatic heterocycles. The third-order valence-corrected chi connectivity index (χ3v) is 12.2. The van der Waals surface area contributed by atoms with Gasteiger partial charge in [-0.1, -0.05) is 180 Å². The van der Waals surface area contributed by atoms with Gasteiger partial charge in [0, 0.05) is 0 Å². The highest BCUT2D eigenvalue weighted by atomic mass is 16.5. The molecular weight excluding hydrogens is 773 g/mol. The second kappa shape index (κ2) is 18.9. The predicted octanol–water partition coefficient (Wildman–Crippen LogP) is 14.5. The van der Waals surface area contributed by atoms with Crippen LogP contribution < -0.4 is 9.47 Å². The lowest BCUT2D eigenvalue weighted by molar-refractivity contribution is 0.266. The monoisotopic (exact) mass is 828 g/mol. The van der Waals surface area contributed by atoms with Crippen LogP contribution in [0.4, 0.5) is 0 Å². The maximum atomic E-state index is 10.2. The highest BCUT2D eigenvalue weighted by molar-refractivity contribution is 5.87. The van der Waals surface area contributed by atoms with Crippen LogP contribution in [-0.2, 0) is 10.8 Å². The van der Waals surface area contributed by atoms with Crippen LogP contribution in [0, 0.1) is 0 Å². The van der Waals surface area contributed by atoms with Gasteiger partial charge in [-0.05, 0) is 128 Å². The fourth-order valence-electron chi connectivity index (χ4n) is 9.66. The van der Waals surface area contributed by atoms with Crippen LogP contribution in [0.2, 0.25) is 0 Å². The van der Waals surface area contributed by atoms with E-state index in [-0.39, 0.29) is 11.5 Å². The molecule has 0 unspecified atom stereocenters. The van der Waals surface area contributed by atoms with E-state index in [0.717, 1.165) is 46.6 Å². The molecule has 0 radical (unpaired) electrons. The Kier molecular flexibility index (Phi) is 12.8. The Labute approximate surface area is 373 Å². The van der Waals surface area contributed by atoms with E-state index in [0.29, 0.717) is 13.2 Å². The Hall–Kier alpha value is -7.04. The number of benzene rings is 8. The van der Waals surface area contributed by atoms with Crippen molar-refractivity contribution in [1.82, 2.24) is 0 Å². The Balaban J connectivity index is 0.00000105. The van der Waals surface area contributed by atoms with Crippen LogP contribution in [0.15, 0.2) is 194 Å². The summed E-state index contributed by atoms with van der Waals surface area (Å²) in [5.41, 5.74) is 13.3. The molecule has 8 aromatic carbocycles. The zero-order chi connectivity index (χ0) is 43.8. The lowest BCUT2D eigenvalue weighted by atomic mass is 9.68. The molecule has 0 saturated carbocycles. The van der Waals surface area contributed by atoms with Crippen molar-refractivity contribution >= 4 is 0 Å². The summed E-state index contributed by atoms with van der Waals surface area (Å²) in [5.74, 6) is 2.17. The number of rotatable bonds is 11. The van der Waals surface area contributed by atoms with Gasteiger partial charge in [0.15, 0.2) is 0 Å². The lowest BCUT2D eigenvalue weighted by Gasteiger charge is -2.34. The molecule has 2 aliphatic rings. The van der Waals surface area contributed by atoms with Crippen LogP contribution in [0.25, 0.3) is 22.3 Å². The van der Waals surface area contributed by atoms with Crippen LogP contribution in [0.1, 0.15) is 91.5 Å². The number of aromatic hydroxyl groups is 2. The number of phenolic OH excluding ortho intramolecular Hbond substituents is 2. The molecule has 63 heavy (non-hydrogen) atoms. The molecule has 0 bridgehead atoms. The Morgan fingerprint density at radius 1 is 0.349 bits per heavy atom. The number of hydrogen-bond donors (Lipinski definition) is 2. The molecular formula is C59H56O4. The molecule has 8 aromatic rings. The van der Waals surface area contributed by atoms with Crippen molar-refractivity contribution in [3.05, 3.63) is 239 Å². The van der Waals surface area contributed by atoms with Gasteiger partial charge < -0.3 is 19.7 Å². The molecule has 2 N–H and O–H groups in total. The van der Waals surface area contributed by atoms with Crippen molar-refractivity contribution in [3.8, 4) is 45.3 Å². The van der Waals surface area contributed by atoms with Gasteiger partial charge in [-0.2, -0.15) is 0 Å². The summed E-state index contributed by atoms with van der Waals surface area (Å²) in [5, 5.41) is 20.4. The molecule has 4 heteroatoms. The number of phenols is 2. The summed E-state index contributed by atoms with van der Waals surface area (Å²) in [6, 6.07) is 66.9. The molecule has 0 spiro atoms. The minimum Gasteiger partial charge on any atom is -0.508 e. The normalized spacial score (nSPS) is 13.1. The molecule has 0 fully saturated rings. The smallest absolute Gasteiger partial charge is 0.119 e. The van der Waals surface area contributed by atoms with Crippen LogP contribution >= 0.6 is 0 Å². The van der Waals surface area contributed by atoms with E-state index < -0.39 is 10.8 Å². The number of unbranched alkanes of at least 4 members (excludes halogenated alkanes) is 1. The summed E-state index contributed by atoms with van der Waals surface area (Å²) >= 11 is 0. The first-order valence-corrected chi connectivity index (χ1v) is 22.4. The van der Waals surface area contributed by atoms with Crippen molar-refractivity contribution in [2.45, 2.75) is 57.8 Å². The average molecular weight is 829 g/mol. The van der Waals surface area contributed by atoms with E-state index in [2.05, 4.69) is 159 Å². The molecule has 0 amide bonds. The maximum Gasteiger partial charge on any atom is 0.119 e. The maximum absolute atomic E-state index is 10.2. The van der Waals surface area contributed by atoms with E-state index in [1.807, 2.05) is 38.1 Å². The summed E-state index contributed by atoms with van der Waals surface area (Å²) in [6.07, 6.45) is 2.96. The summed E-state index contributed by atoms with van der Waals surface area (Å²) in [6.45, 7) is 9.43.